The van der Waals surface area contributed by atoms with Crippen molar-refractivity contribution in [2.45, 2.75) is 20.3 Å². The summed E-state index contributed by atoms with van der Waals surface area (Å²) in [6.45, 7) is 5.17. The quantitative estimate of drug-likeness (QED) is 0.794. The monoisotopic (exact) mass is 282 g/mol. The van der Waals surface area contributed by atoms with Crippen molar-refractivity contribution in [3.8, 4) is 0 Å². The molecule has 1 heterocycles. The fourth-order valence-electron chi connectivity index (χ4n) is 2.74. The van der Waals surface area contributed by atoms with Crippen LogP contribution in [0.1, 0.15) is 16.7 Å². The number of nitrogens with one attached hydrogen (secondary N) is 1. The zero-order chi connectivity index (χ0) is 14.1. The maximum Gasteiger partial charge on any atom is 0.177 e. The van der Waals surface area contributed by atoms with Gasteiger partial charge >= 0.3 is 0 Å². The number of rotatable bonds is 1. The fraction of sp³-hybridized carbons (Fsp3) is 0.235. The zero-order valence-corrected chi connectivity index (χ0v) is 12.6. The Morgan fingerprint density at radius 1 is 1.05 bits per heavy atom. The highest BCUT2D eigenvalue weighted by Gasteiger charge is 2.22. The second-order valence-electron chi connectivity index (χ2n) is 5.23. The van der Waals surface area contributed by atoms with E-state index < -0.39 is 0 Å². The summed E-state index contributed by atoms with van der Waals surface area (Å²) in [6.07, 6.45) is 1.06. The van der Waals surface area contributed by atoms with Gasteiger partial charge in [-0.05, 0) is 55.2 Å². The standard InChI is InChI=1S/C17H18N2S/c1-12-6-5-7-13(2)16(12)18-17(20)19-11-10-14-8-3-4-9-15(14)19/h3-9H,10-11H2,1-2H3,(H,18,20). The second-order valence-corrected chi connectivity index (χ2v) is 5.61. The van der Waals surface area contributed by atoms with Crippen LogP contribution in [0.2, 0.25) is 0 Å². The van der Waals surface area contributed by atoms with E-state index in [4.69, 9.17) is 12.2 Å². The van der Waals surface area contributed by atoms with Crippen LogP contribution in [-0.2, 0) is 6.42 Å². The Labute approximate surface area is 125 Å². The van der Waals surface area contributed by atoms with Crippen molar-refractivity contribution in [3.63, 3.8) is 0 Å². The molecule has 0 spiro atoms. The van der Waals surface area contributed by atoms with Crippen molar-refractivity contribution in [2.24, 2.45) is 0 Å². The number of fused-ring (bicyclic) bond motifs is 1. The Kier molecular flexibility index (Phi) is 3.45. The Morgan fingerprint density at radius 2 is 1.75 bits per heavy atom. The third-order valence-electron chi connectivity index (χ3n) is 3.85. The molecule has 0 radical (unpaired) electrons. The van der Waals surface area contributed by atoms with Gasteiger partial charge in [-0.1, -0.05) is 36.4 Å². The molecule has 102 valence electrons. The summed E-state index contributed by atoms with van der Waals surface area (Å²) in [5.41, 5.74) is 6.18. The van der Waals surface area contributed by atoms with Crippen LogP contribution >= 0.6 is 12.2 Å². The molecule has 0 saturated carbocycles. The number of benzene rings is 2. The number of aryl methyl sites for hydroxylation is 2. The molecule has 0 unspecified atom stereocenters. The molecule has 0 bridgehead atoms. The summed E-state index contributed by atoms with van der Waals surface area (Å²) >= 11 is 5.61. The van der Waals surface area contributed by atoms with Crippen molar-refractivity contribution >= 4 is 28.7 Å². The molecule has 0 aliphatic carbocycles. The molecule has 2 nitrogen and oxygen atoms in total. The lowest BCUT2D eigenvalue weighted by atomic mass is 10.1. The minimum atomic E-state index is 0.785. The average Bonchev–Trinajstić information content (AvgIpc) is 2.87. The van der Waals surface area contributed by atoms with Crippen molar-refractivity contribution in [1.29, 1.82) is 0 Å². The minimum Gasteiger partial charge on any atom is -0.332 e. The predicted octanol–water partition coefficient (Wildman–Crippen LogP) is 4.06. The minimum absolute atomic E-state index is 0.785. The van der Waals surface area contributed by atoms with Crippen LogP contribution in [0.15, 0.2) is 42.5 Å². The first-order valence-corrected chi connectivity index (χ1v) is 7.30. The summed E-state index contributed by atoms with van der Waals surface area (Å²) in [7, 11) is 0. The number of para-hydroxylation sites is 2. The van der Waals surface area contributed by atoms with Gasteiger partial charge in [0.25, 0.3) is 0 Å². The Hall–Kier alpha value is -1.87. The molecule has 20 heavy (non-hydrogen) atoms. The first-order valence-electron chi connectivity index (χ1n) is 6.89. The van der Waals surface area contributed by atoms with Gasteiger partial charge in [0.1, 0.15) is 0 Å². The van der Waals surface area contributed by atoms with Crippen LogP contribution < -0.4 is 10.2 Å². The van der Waals surface area contributed by atoms with Crippen LogP contribution in [0.3, 0.4) is 0 Å². The summed E-state index contributed by atoms with van der Waals surface area (Å²) in [4.78, 5) is 2.19. The van der Waals surface area contributed by atoms with Crippen LogP contribution in [-0.4, -0.2) is 11.7 Å². The summed E-state index contributed by atoms with van der Waals surface area (Å²) in [5, 5.41) is 4.20. The Balaban J connectivity index is 1.85. The topological polar surface area (TPSA) is 15.3 Å². The van der Waals surface area contributed by atoms with E-state index in [2.05, 4.69) is 66.5 Å². The highest BCUT2D eigenvalue weighted by atomic mass is 32.1. The van der Waals surface area contributed by atoms with E-state index in [1.165, 1.54) is 22.4 Å². The smallest absolute Gasteiger partial charge is 0.177 e. The van der Waals surface area contributed by atoms with Gasteiger partial charge in [-0.2, -0.15) is 0 Å². The van der Waals surface area contributed by atoms with Crippen molar-refractivity contribution in [3.05, 3.63) is 59.2 Å². The van der Waals surface area contributed by atoms with E-state index in [1.807, 2.05) is 0 Å². The number of nitrogens with zero attached hydrogens (tertiary/aromatic N) is 1. The number of hydrogen-bond donors (Lipinski definition) is 1. The Bertz CT molecular complexity index is 644. The molecule has 0 saturated heterocycles. The fourth-order valence-corrected chi connectivity index (χ4v) is 3.03. The first kappa shape index (κ1) is 13.1. The Morgan fingerprint density at radius 3 is 2.50 bits per heavy atom. The van der Waals surface area contributed by atoms with E-state index in [-0.39, 0.29) is 0 Å². The summed E-state index contributed by atoms with van der Waals surface area (Å²) in [6, 6.07) is 14.8. The first-order chi connectivity index (χ1) is 9.66. The third kappa shape index (κ3) is 2.29. The SMILES string of the molecule is Cc1cccc(C)c1NC(=S)N1CCc2ccccc21. The number of anilines is 2. The van der Waals surface area contributed by atoms with E-state index in [0.29, 0.717) is 0 Å². The molecule has 2 aromatic carbocycles. The van der Waals surface area contributed by atoms with Crippen molar-refractivity contribution in [2.75, 3.05) is 16.8 Å². The molecule has 0 amide bonds. The third-order valence-corrected chi connectivity index (χ3v) is 4.17. The van der Waals surface area contributed by atoms with Crippen LogP contribution in [0.4, 0.5) is 11.4 Å². The zero-order valence-electron chi connectivity index (χ0n) is 11.8. The molecule has 0 atom stereocenters. The summed E-state index contributed by atoms with van der Waals surface area (Å²) < 4.78 is 0. The maximum atomic E-state index is 5.61. The van der Waals surface area contributed by atoms with Crippen LogP contribution in [0.25, 0.3) is 0 Å². The molecule has 3 rings (SSSR count). The van der Waals surface area contributed by atoms with Gasteiger partial charge in [0.15, 0.2) is 5.11 Å². The lowest BCUT2D eigenvalue weighted by Gasteiger charge is -2.23. The van der Waals surface area contributed by atoms with Gasteiger partial charge in [0.05, 0.1) is 0 Å². The van der Waals surface area contributed by atoms with E-state index in [0.717, 1.165) is 23.8 Å². The lowest BCUT2D eigenvalue weighted by molar-refractivity contribution is 1.03. The maximum absolute atomic E-state index is 5.61. The molecule has 1 aliphatic heterocycles. The van der Waals surface area contributed by atoms with Gasteiger partial charge in [-0.3, -0.25) is 0 Å². The van der Waals surface area contributed by atoms with E-state index in [9.17, 15) is 0 Å². The van der Waals surface area contributed by atoms with Gasteiger partial charge in [-0.25, -0.2) is 0 Å². The molecule has 0 aromatic heterocycles. The van der Waals surface area contributed by atoms with E-state index in [1.54, 1.807) is 0 Å². The van der Waals surface area contributed by atoms with Crippen molar-refractivity contribution in [1.82, 2.24) is 0 Å². The number of hydrogen-bond acceptors (Lipinski definition) is 1. The molecule has 1 aliphatic rings. The van der Waals surface area contributed by atoms with Gasteiger partial charge < -0.3 is 10.2 Å². The number of thiocarbonyl (C=S) groups is 1. The normalized spacial score (nSPS) is 13.2. The van der Waals surface area contributed by atoms with Gasteiger partial charge in [0.2, 0.25) is 0 Å². The molecule has 3 heteroatoms. The largest absolute Gasteiger partial charge is 0.332 e. The molecular formula is C17H18N2S. The van der Waals surface area contributed by atoms with Gasteiger partial charge in [0, 0.05) is 17.9 Å². The molecule has 0 fully saturated rings. The average molecular weight is 282 g/mol. The predicted molar refractivity (Wildman–Crippen MR) is 89.6 cm³/mol. The second kappa shape index (κ2) is 5.25. The lowest BCUT2D eigenvalue weighted by Crippen LogP contribution is -2.33. The molecule has 1 N–H and O–H groups in total. The van der Waals surface area contributed by atoms with Gasteiger partial charge in [-0.15, -0.1) is 0 Å². The highest BCUT2D eigenvalue weighted by molar-refractivity contribution is 7.80. The molecule has 2 aromatic rings. The molecular weight excluding hydrogens is 264 g/mol. The van der Waals surface area contributed by atoms with Crippen LogP contribution in [0.5, 0.6) is 0 Å². The van der Waals surface area contributed by atoms with Crippen LogP contribution in [0, 0.1) is 13.8 Å². The van der Waals surface area contributed by atoms with E-state index >= 15 is 0 Å². The highest BCUT2D eigenvalue weighted by Crippen LogP contribution is 2.29. The van der Waals surface area contributed by atoms with Crippen molar-refractivity contribution < 1.29 is 0 Å². The summed E-state index contributed by atoms with van der Waals surface area (Å²) in [5.74, 6) is 0.